The van der Waals surface area contributed by atoms with Crippen LogP contribution in [0.15, 0.2) is 84.0 Å². The maximum Gasteiger partial charge on any atom is 0.120 e. The van der Waals surface area contributed by atoms with Crippen molar-refractivity contribution < 1.29 is 4.74 Å². The summed E-state index contributed by atoms with van der Waals surface area (Å²) in [6.45, 7) is 0.500. The van der Waals surface area contributed by atoms with Gasteiger partial charge in [0.25, 0.3) is 0 Å². The first-order valence-corrected chi connectivity index (χ1v) is 7.99. The highest BCUT2D eigenvalue weighted by atomic mass is 35.5. The lowest BCUT2D eigenvalue weighted by Gasteiger charge is -2.07. The molecule has 0 radical (unpaired) electrons. The normalized spacial score (nSPS) is 10.7. The van der Waals surface area contributed by atoms with E-state index < -0.39 is 0 Å². The fourth-order valence-corrected chi connectivity index (χ4v) is 2.25. The van der Waals surface area contributed by atoms with E-state index in [1.54, 1.807) is 6.21 Å². The minimum atomic E-state index is 0.500. The van der Waals surface area contributed by atoms with Crippen LogP contribution in [0.1, 0.15) is 11.1 Å². The van der Waals surface area contributed by atoms with Crippen LogP contribution in [0.25, 0.3) is 0 Å². The largest absolute Gasteiger partial charge is 0.489 e. The van der Waals surface area contributed by atoms with Gasteiger partial charge in [-0.05, 0) is 47.5 Å². The molecule has 0 fully saturated rings. The summed E-state index contributed by atoms with van der Waals surface area (Å²) >= 11 is 5.88. The second-order valence-electron chi connectivity index (χ2n) is 5.22. The Hall–Kier alpha value is -2.78. The third kappa shape index (κ3) is 4.86. The van der Waals surface area contributed by atoms with E-state index in [1.807, 2.05) is 78.9 Å². The van der Waals surface area contributed by atoms with Crippen molar-refractivity contribution in [3.05, 3.63) is 95.0 Å². The van der Waals surface area contributed by atoms with Gasteiger partial charge in [-0.15, -0.1) is 0 Å². The number of nitrogens with zero attached hydrogens (tertiary/aromatic N) is 1. The number of hydrazone groups is 1. The second-order valence-corrected chi connectivity index (χ2v) is 5.66. The molecule has 4 heteroatoms. The Morgan fingerprint density at radius 1 is 0.917 bits per heavy atom. The zero-order valence-corrected chi connectivity index (χ0v) is 13.8. The molecule has 0 atom stereocenters. The van der Waals surface area contributed by atoms with Crippen molar-refractivity contribution >= 4 is 23.5 Å². The molecule has 0 spiro atoms. The van der Waals surface area contributed by atoms with Gasteiger partial charge in [0.2, 0.25) is 0 Å². The molecule has 0 unspecified atom stereocenters. The standard InChI is InChI=1S/C20H17ClN2O/c21-18-11-9-16(10-12-18)15-24-20-8-4-5-17(13-20)14-22-23-19-6-2-1-3-7-19/h1-14,23H,15H2/b22-14+. The Bertz CT molecular complexity index is 801. The van der Waals surface area contributed by atoms with Crippen molar-refractivity contribution in [1.29, 1.82) is 0 Å². The summed E-state index contributed by atoms with van der Waals surface area (Å²) in [6.07, 6.45) is 1.77. The Labute approximate surface area is 146 Å². The van der Waals surface area contributed by atoms with Crippen LogP contribution in [0.5, 0.6) is 5.75 Å². The average Bonchev–Trinajstić information content (AvgIpc) is 2.63. The van der Waals surface area contributed by atoms with Gasteiger partial charge in [0, 0.05) is 5.02 Å². The molecule has 3 rings (SSSR count). The van der Waals surface area contributed by atoms with E-state index in [-0.39, 0.29) is 0 Å². The monoisotopic (exact) mass is 336 g/mol. The highest BCUT2D eigenvalue weighted by Gasteiger charge is 1.98. The fraction of sp³-hybridized carbons (Fsp3) is 0.0500. The van der Waals surface area contributed by atoms with Gasteiger partial charge >= 0.3 is 0 Å². The van der Waals surface area contributed by atoms with Crippen molar-refractivity contribution in [3.63, 3.8) is 0 Å². The van der Waals surface area contributed by atoms with E-state index in [0.29, 0.717) is 6.61 Å². The Morgan fingerprint density at radius 2 is 1.71 bits per heavy atom. The first-order chi connectivity index (χ1) is 11.8. The Balaban J connectivity index is 1.58. The smallest absolute Gasteiger partial charge is 0.120 e. The van der Waals surface area contributed by atoms with Crippen molar-refractivity contribution in [2.75, 3.05) is 5.43 Å². The number of para-hydroxylation sites is 1. The topological polar surface area (TPSA) is 33.6 Å². The third-order valence-corrected chi connectivity index (χ3v) is 3.61. The number of anilines is 1. The molecule has 0 saturated carbocycles. The SMILES string of the molecule is Clc1ccc(COc2cccc(/C=N/Nc3ccccc3)c2)cc1. The van der Waals surface area contributed by atoms with Crippen molar-refractivity contribution in [3.8, 4) is 5.75 Å². The van der Waals surface area contributed by atoms with Crippen molar-refractivity contribution in [2.24, 2.45) is 5.10 Å². The molecule has 1 N–H and O–H groups in total. The lowest BCUT2D eigenvalue weighted by atomic mass is 10.2. The molecule has 0 saturated heterocycles. The van der Waals surface area contributed by atoms with Gasteiger partial charge in [0.15, 0.2) is 0 Å². The molecule has 24 heavy (non-hydrogen) atoms. The molecule has 3 nitrogen and oxygen atoms in total. The number of nitrogens with one attached hydrogen (secondary N) is 1. The summed E-state index contributed by atoms with van der Waals surface area (Å²) in [6, 6.07) is 25.2. The number of halogens is 1. The quantitative estimate of drug-likeness (QED) is 0.485. The molecule has 0 aliphatic rings. The number of rotatable bonds is 6. The minimum Gasteiger partial charge on any atom is -0.489 e. The summed E-state index contributed by atoms with van der Waals surface area (Å²) in [5.74, 6) is 0.800. The summed E-state index contributed by atoms with van der Waals surface area (Å²) in [5.41, 5.74) is 5.98. The minimum absolute atomic E-state index is 0.500. The van der Waals surface area contributed by atoms with Crippen LogP contribution < -0.4 is 10.2 Å². The van der Waals surface area contributed by atoms with Gasteiger partial charge < -0.3 is 4.74 Å². The summed E-state index contributed by atoms with van der Waals surface area (Å²) in [5, 5.41) is 4.96. The van der Waals surface area contributed by atoms with E-state index in [1.165, 1.54) is 0 Å². The summed E-state index contributed by atoms with van der Waals surface area (Å²) in [4.78, 5) is 0. The van der Waals surface area contributed by atoms with E-state index in [2.05, 4.69) is 10.5 Å². The molecule has 0 heterocycles. The number of hydrogen-bond donors (Lipinski definition) is 1. The van der Waals surface area contributed by atoms with E-state index in [9.17, 15) is 0 Å². The van der Waals surface area contributed by atoms with Gasteiger partial charge in [-0.3, -0.25) is 5.43 Å². The molecule has 120 valence electrons. The van der Waals surface area contributed by atoms with Gasteiger partial charge in [-0.25, -0.2) is 0 Å². The number of benzene rings is 3. The lowest BCUT2D eigenvalue weighted by molar-refractivity contribution is 0.306. The van der Waals surface area contributed by atoms with Gasteiger partial charge in [-0.2, -0.15) is 5.10 Å². The number of hydrogen-bond acceptors (Lipinski definition) is 3. The maximum absolute atomic E-state index is 5.88. The highest BCUT2D eigenvalue weighted by Crippen LogP contribution is 2.16. The van der Waals surface area contributed by atoms with Crippen molar-refractivity contribution in [2.45, 2.75) is 6.61 Å². The predicted octanol–water partition coefficient (Wildman–Crippen LogP) is 5.37. The molecule has 0 aliphatic heterocycles. The van der Waals surface area contributed by atoms with E-state index in [0.717, 1.165) is 27.6 Å². The van der Waals surface area contributed by atoms with Crippen LogP contribution in [0.2, 0.25) is 5.02 Å². The first-order valence-electron chi connectivity index (χ1n) is 7.61. The molecule has 3 aromatic carbocycles. The fourth-order valence-electron chi connectivity index (χ4n) is 2.13. The molecule has 0 bridgehead atoms. The number of ether oxygens (including phenoxy) is 1. The van der Waals surface area contributed by atoms with Crippen molar-refractivity contribution in [1.82, 2.24) is 0 Å². The van der Waals surface area contributed by atoms with Crippen LogP contribution >= 0.6 is 11.6 Å². The van der Waals surface area contributed by atoms with Crippen LogP contribution in [0.3, 0.4) is 0 Å². The zero-order valence-electron chi connectivity index (χ0n) is 13.0. The van der Waals surface area contributed by atoms with Crippen LogP contribution in [-0.4, -0.2) is 6.21 Å². The van der Waals surface area contributed by atoms with Gasteiger partial charge in [0.05, 0.1) is 11.9 Å². The van der Waals surface area contributed by atoms with E-state index in [4.69, 9.17) is 16.3 Å². The first kappa shape index (κ1) is 16.1. The van der Waals surface area contributed by atoms with Gasteiger partial charge in [0.1, 0.15) is 12.4 Å². The highest BCUT2D eigenvalue weighted by molar-refractivity contribution is 6.30. The predicted molar refractivity (Wildman–Crippen MR) is 99.9 cm³/mol. The van der Waals surface area contributed by atoms with Crippen LogP contribution in [0, 0.1) is 0 Å². The molecule has 0 aromatic heterocycles. The third-order valence-electron chi connectivity index (χ3n) is 3.36. The average molecular weight is 337 g/mol. The van der Waals surface area contributed by atoms with E-state index >= 15 is 0 Å². The Kier molecular flexibility index (Phi) is 5.48. The molecule has 3 aromatic rings. The van der Waals surface area contributed by atoms with Gasteiger partial charge in [-0.1, -0.05) is 54.1 Å². The van der Waals surface area contributed by atoms with Crippen LogP contribution in [-0.2, 0) is 6.61 Å². The summed E-state index contributed by atoms with van der Waals surface area (Å²) < 4.78 is 5.81. The Morgan fingerprint density at radius 3 is 2.50 bits per heavy atom. The molecule has 0 amide bonds. The van der Waals surface area contributed by atoms with Crippen LogP contribution in [0.4, 0.5) is 5.69 Å². The molecular formula is C20H17ClN2O. The second kappa shape index (κ2) is 8.18. The zero-order chi connectivity index (χ0) is 16.6. The lowest BCUT2D eigenvalue weighted by Crippen LogP contribution is -1.96. The molecular weight excluding hydrogens is 320 g/mol. The molecule has 0 aliphatic carbocycles. The summed E-state index contributed by atoms with van der Waals surface area (Å²) in [7, 11) is 0. The maximum atomic E-state index is 5.88.